The van der Waals surface area contributed by atoms with Crippen LogP contribution in [0.4, 0.5) is 18.0 Å². The number of benzene rings is 1. The maximum absolute atomic E-state index is 13.7. The fraction of sp³-hybridized carbons (Fsp3) is 0.444. The summed E-state index contributed by atoms with van der Waals surface area (Å²) in [4.78, 5) is 23.8. The van der Waals surface area contributed by atoms with Gasteiger partial charge < -0.3 is 9.47 Å². The minimum absolute atomic E-state index is 0.464. The lowest BCUT2D eigenvalue weighted by molar-refractivity contribution is -0.209. The van der Waals surface area contributed by atoms with E-state index < -0.39 is 35.8 Å². The first-order valence-corrected chi connectivity index (χ1v) is 7.61. The Hall–Kier alpha value is -2.69. The molecule has 26 heavy (non-hydrogen) atoms. The van der Waals surface area contributed by atoms with E-state index in [1.165, 1.54) is 20.8 Å². The monoisotopic (exact) mass is 371 g/mol. The van der Waals surface area contributed by atoms with Gasteiger partial charge in [0.05, 0.1) is 13.5 Å². The first-order chi connectivity index (χ1) is 11.9. The van der Waals surface area contributed by atoms with E-state index in [1.807, 2.05) is 0 Å². The van der Waals surface area contributed by atoms with Crippen LogP contribution >= 0.6 is 0 Å². The van der Waals surface area contributed by atoms with Crippen molar-refractivity contribution in [2.24, 2.45) is 0 Å². The first kappa shape index (κ1) is 21.4. The molecular formula is C18H20F3NO4. The van der Waals surface area contributed by atoms with Crippen LogP contribution in [0.3, 0.4) is 0 Å². The van der Waals surface area contributed by atoms with Gasteiger partial charge in [0.1, 0.15) is 5.60 Å². The van der Waals surface area contributed by atoms with Gasteiger partial charge in [-0.05, 0) is 32.9 Å². The fourth-order valence-corrected chi connectivity index (χ4v) is 1.91. The first-order valence-electron chi connectivity index (χ1n) is 7.61. The molecule has 0 aliphatic carbocycles. The number of amides is 1. The molecule has 0 radical (unpaired) electrons. The molecule has 1 amide bonds. The van der Waals surface area contributed by atoms with Crippen molar-refractivity contribution >= 4 is 12.1 Å². The molecule has 0 saturated carbocycles. The molecule has 0 spiro atoms. The zero-order valence-electron chi connectivity index (χ0n) is 14.9. The van der Waals surface area contributed by atoms with Crippen LogP contribution in [-0.4, -0.2) is 36.5 Å². The van der Waals surface area contributed by atoms with Gasteiger partial charge in [0, 0.05) is 5.56 Å². The van der Waals surface area contributed by atoms with Crippen molar-refractivity contribution in [3.05, 3.63) is 35.9 Å². The number of alkyl carbamates (subject to hydrolysis) is 1. The third-order valence-corrected chi connectivity index (χ3v) is 3.09. The van der Waals surface area contributed by atoms with Crippen LogP contribution in [0.1, 0.15) is 32.8 Å². The van der Waals surface area contributed by atoms with Gasteiger partial charge in [-0.1, -0.05) is 30.0 Å². The number of alkyl halides is 3. The van der Waals surface area contributed by atoms with E-state index in [-0.39, 0.29) is 0 Å². The maximum Gasteiger partial charge on any atom is 0.423 e. The molecule has 0 aromatic heterocycles. The molecule has 1 unspecified atom stereocenters. The predicted molar refractivity (Wildman–Crippen MR) is 88.1 cm³/mol. The van der Waals surface area contributed by atoms with Gasteiger partial charge in [-0.25, -0.2) is 9.59 Å². The number of hydrogen-bond acceptors (Lipinski definition) is 4. The lowest BCUT2D eigenvalue weighted by atomic mass is 9.94. The summed E-state index contributed by atoms with van der Waals surface area (Å²) in [6.07, 6.45) is -7.58. The molecule has 0 aliphatic heterocycles. The number of methoxy groups -OCH3 is 1. The molecule has 1 N–H and O–H groups in total. The van der Waals surface area contributed by atoms with Crippen molar-refractivity contribution in [1.29, 1.82) is 0 Å². The Morgan fingerprint density at radius 2 is 1.69 bits per heavy atom. The summed E-state index contributed by atoms with van der Waals surface area (Å²) in [6, 6.07) is 8.26. The number of carbonyl (C=O) groups is 2. The molecule has 1 aromatic rings. The summed E-state index contributed by atoms with van der Waals surface area (Å²) in [5.41, 5.74) is -3.93. The Kier molecular flexibility index (Phi) is 6.67. The molecule has 0 heterocycles. The lowest BCUT2D eigenvalue weighted by Gasteiger charge is -2.33. The standard InChI is InChI=1S/C18H20F3NO4/c1-16(2,3)26-15(24)22-17(14(23)25-4,18(19,20)21)12-8-11-13-9-6-5-7-10-13/h5-7,9-10H,12H2,1-4H3,(H,22,24). The number of carbonyl (C=O) groups excluding carboxylic acids is 2. The Bertz CT molecular complexity index is 699. The number of nitrogens with one attached hydrogen (secondary N) is 1. The summed E-state index contributed by atoms with van der Waals surface area (Å²) in [5, 5.41) is 1.60. The summed E-state index contributed by atoms with van der Waals surface area (Å²) in [7, 11) is 0.796. The Morgan fingerprint density at radius 3 is 2.15 bits per heavy atom. The van der Waals surface area contributed by atoms with E-state index in [2.05, 4.69) is 16.6 Å². The fourth-order valence-electron chi connectivity index (χ4n) is 1.91. The average molecular weight is 371 g/mol. The summed E-state index contributed by atoms with van der Waals surface area (Å²) in [5.74, 6) is 3.13. The molecule has 0 fully saturated rings. The van der Waals surface area contributed by atoms with Gasteiger partial charge in [-0.3, -0.25) is 5.32 Å². The van der Waals surface area contributed by atoms with Gasteiger partial charge in [-0.15, -0.1) is 0 Å². The van der Waals surface area contributed by atoms with Crippen molar-refractivity contribution in [2.75, 3.05) is 7.11 Å². The molecule has 1 atom stereocenters. The number of ether oxygens (including phenoxy) is 2. The largest absolute Gasteiger partial charge is 0.467 e. The Morgan fingerprint density at radius 1 is 1.12 bits per heavy atom. The van der Waals surface area contributed by atoms with Crippen LogP contribution in [0.25, 0.3) is 0 Å². The van der Waals surface area contributed by atoms with E-state index in [4.69, 9.17) is 4.74 Å². The summed E-state index contributed by atoms with van der Waals surface area (Å²) >= 11 is 0. The topological polar surface area (TPSA) is 64.6 Å². The number of halogens is 3. The second-order valence-electron chi connectivity index (χ2n) is 6.37. The SMILES string of the molecule is COC(=O)C(CC#Cc1ccccc1)(NC(=O)OC(C)(C)C)C(F)(F)F. The van der Waals surface area contributed by atoms with Gasteiger partial charge in [0.25, 0.3) is 0 Å². The Balaban J connectivity index is 3.21. The quantitative estimate of drug-likeness (QED) is 0.653. The molecular weight excluding hydrogens is 351 g/mol. The van der Waals surface area contributed by atoms with Crippen molar-refractivity contribution in [2.45, 2.75) is 44.5 Å². The van der Waals surface area contributed by atoms with Crippen molar-refractivity contribution in [1.82, 2.24) is 5.32 Å². The summed E-state index contributed by atoms with van der Waals surface area (Å²) < 4.78 is 50.2. The van der Waals surface area contributed by atoms with Gasteiger partial charge >= 0.3 is 18.2 Å². The van der Waals surface area contributed by atoms with Gasteiger partial charge in [0.2, 0.25) is 5.54 Å². The van der Waals surface area contributed by atoms with Crippen LogP contribution in [0.2, 0.25) is 0 Å². The molecule has 1 rings (SSSR count). The van der Waals surface area contributed by atoms with Crippen molar-refractivity contribution < 1.29 is 32.2 Å². The molecule has 1 aromatic carbocycles. The highest BCUT2D eigenvalue weighted by Gasteiger charge is 2.62. The van der Waals surface area contributed by atoms with E-state index >= 15 is 0 Å². The lowest BCUT2D eigenvalue weighted by Crippen LogP contribution is -2.64. The van der Waals surface area contributed by atoms with Gasteiger partial charge in [0.15, 0.2) is 0 Å². The molecule has 0 aliphatic rings. The zero-order chi connectivity index (χ0) is 20.0. The second-order valence-corrected chi connectivity index (χ2v) is 6.37. The highest BCUT2D eigenvalue weighted by Crippen LogP contribution is 2.34. The molecule has 0 saturated heterocycles. The van der Waals surface area contributed by atoms with E-state index in [0.29, 0.717) is 5.56 Å². The highest BCUT2D eigenvalue weighted by molar-refractivity contribution is 5.87. The zero-order valence-corrected chi connectivity index (χ0v) is 14.9. The smallest absolute Gasteiger partial charge is 0.423 e. The maximum atomic E-state index is 13.7. The molecule has 8 heteroatoms. The van der Waals surface area contributed by atoms with Crippen LogP contribution in [0, 0.1) is 11.8 Å². The molecule has 142 valence electrons. The minimum Gasteiger partial charge on any atom is -0.467 e. The normalized spacial score (nSPS) is 13.7. The highest BCUT2D eigenvalue weighted by atomic mass is 19.4. The minimum atomic E-state index is -5.15. The van der Waals surface area contributed by atoms with Crippen molar-refractivity contribution in [3.63, 3.8) is 0 Å². The second kappa shape index (κ2) is 8.13. The molecule has 0 bridgehead atoms. The summed E-state index contributed by atoms with van der Waals surface area (Å²) in [6.45, 7) is 4.44. The Labute approximate surface area is 149 Å². The van der Waals surface area contributed by atoms with Crippen LogP contribution in [0.15, 0.2) is 30.3 Å². The number of hydrogen-bond donors (Lipinski definition) is 1. The third kappa shape index (κ3) is 5.69. The van der Waals surface area contributed by atoms with Crippen LogP contribution < -0.4 is 5.32 Å². The van der Waals surface area contributed by atoms with Gasteiger partial charge in [-0.2, -0.15) is 13.2 Å². The van der Waals surface area contributed by atoms with Crippen LogP contribution in [-0.2, 0) is 14.3 Å². The van der Waals surface area contributed by atoms with E-state index in [0.717, 1.165) is 7.11 Å². The average Bonchev–Trinajstić information content (AvgIpc) is 2.51. The molecule has 5 nitrogen and oxygen atoms in total. The van der Waals surface area contributed by atoms with Crippen LogP contribution in [0.5, 0.6) is 0 Å². The number of rotatable bonds is 3. The van der Waals surface area contributed by atoms with E-state index in [9.17, 15) is 22.8 Å². The van der Waals surface area contributed by atoms with E-state index in [1.54, 1.807) is 35.6 Å². The van der Waals surface area contributed by atoms with Crippen molar-refractivity contribution in [3.8, 4) is 11.8 Å². The third-order valence-electron chi connectivity index (χ3n) is 3.09. The predicted octanol–water partition coefficient (Wildman–Crippen LogP) is 3.43. The number of esters is 1.